The van der Waals surface area contributed by atoms with Gasteiger partial charge >= 0.3 is 0 Å². The molecule has 1 fully saturated rings. The van der Waals surface area contributed by atoms with E-state index in [1.807, 2.05) is 29.1 Å². The largest absolute Gasteiger partial charge is 0.370 e. The molecule has 0 amide bonds. The van der Waals surface area contributed by atoms with Crippen molar-refractivity contribution in [3.63, 3.8) is 0 Å². The average molecular weight is 295 g/mol. The highest BCUT2D eigenvalue weighted by atomic mass is 35.5. The van der Waals surface area contributed by atoms with Crippen LogP contribution in [0.2, 0.25) is 0 Å². The maximum absolute atomic E-state index is 5.65. The molecule has 0 bridgehead atoms. The smallest absolute Gasteiger partial charge is 0.108 e. The van der Waals surface area contributed by atoms with Gasteiger partial charge in [0.2, 0.25) is 0 Å². The Morgan fingerprint density at radius 2 is 2.10 bits per heavy atom. The molecule has 3 rings (SSSR count). The van der Waals surface area contributed by atoms with E-state index in [1.54, 1.807) is 0 Å². The van der Waals surface area contributed by atoms with E-state index in [2.05, 4.69) is 27.8 Å². The SMILES string of the molecule is Cl.c1ccc(COCc2cn(C3CCNC3)nn2)cc1. The molecular weight excluding hydrogens is 276 g/mol. The molecule has 2 heterocycles. The lowest BCUT2D eigenvalue weighted by molar-refractivity contribution is 0.104. The number of halogens is 1. The fraction of sp³-hybridized carbons (Fsp3) is 0.429. The molecule has 1 aromatic heterocycles. The van der Waals surface area contributed by atoms with E-state index < -0.39 is 0 Å². The van der Waals surface area contributed by atoms with Crippen LogP contribution in [0, 0.1) is 0 Å². The molecule has 0 radical (unpaired) electrons. The molecule has 108 valence electrons. The zero-order valence-electron chi connectivity index (χ0n) is 11.2. The first-order valence-electron chi connectivity index (χ1n) is 6.65. The first kappa shape index (κ1) is 15.0. The molecule has 0 aliphatic carbocycles. The molecule has 5 nitrogen and oxygen atoms in total. The molecule has 1 aliphatic heterocycles. The van der Waals surface area contributed by atoms with Crippen LogP contribution in [0.15, 0.2) is 36.5 Å². The van der Waals surface area contributed by atoms with Gasteiger partial charge in [-0.1, -0.05) is 35.5 Å². The number of benzene rings is 1. The van der Waals surface area contributed by atoms with E-state index in [-0.39, 0.29) is 12.4 Å². The maximum atomic E-state index is 5.65. The van der Waals surface area contributed by atoms with Crippen LogP contribution in [0.4, 0.5) is 0 Å². The second kappa shape index (κ2) is 7.38. The normalized spacial score (nSPS) is 17.9. The summed E-state index contributed by atoms with van der Waals surface area (Å²) in [5.41, 5.74) is 2.07. The first-order valence-corrected chi connectivity index (χ1v) is 6.65. The van der Waals surface area contributed by atoms with Crippen molar-refractivity contribution in [2.75, 3.05) is 13.1 Å². The van der Waals surface area contributed by atoms with Crippen LogP contribution in [0.5, 0.6) is 0 Å². The van der Waals surface area contributed by atoms with Gasteiger partial charge in [0.1, 0.15) is 5.69 Å². The van der Waals surface area contributed by atoms with Crippen molar-refractivity contribution in [1.82, 2.24) is 20.3 Å². The number of aromatic nitrogens is 3. The predicted molar refractivity (Wildman–Crippen MR) is 78.7 cm³/mol. The fourth-order valence-corrected chi connectivity index (χ4v) is 2.27. The van der Waals surface area contributed by atoms with Crippen molar-refractivity contribution in [3.05, 3.63) is 47.8 Å². The van der Waals surface area contributed by atoms with Crippen molar-refractivity contribution in [2.45, 2.75) is 25.7 Å². The van der Waals surface area contributed by atoms with E-state index in [4.69, 9.17) is 4.74 Å². The standard InChI is InChI=1S/C14H18N4O.ClH/c1-2-4-12(5-3-1)10-19-11-13-9-18(17-16-13)14-6-7-15-8-14;/h1-5,9,14-15H,6-8,10-11H2;1H. The van der Waals surface area contributed by atoms with Crippen molar-refractivity contribution < 1.29 is 4.74 Å². The van der Waals surface area contributed by atoms with Crippen molar-refractivity contribution >= 4 is 12.4 Å². The highest BCUT2D eigenvalue weighted by Gasteiger charge is 2.17. The van der Waals surface area contributed by atoms with Crippen molar-refractivity contribution in [1.29, 1.82) is 0 Å². The number of nitrogens with zero attached hydrogens (tertiary/aromatic N) is 3. The van der Waals surface area contributed by atoms with Gasteiger partial charge in [0.05, 0.1) is 25.5 Å². The number of ether oxygens (including phenoxy) is 1. The van der Waals surface area contributed by atoms with Gasteiger partial charge in [-0.25, -0.2) is 4.68 Å². The summed E-state index contributed by atoms with van der Waals surface area (Å²) in [5, 5.41) is 11.6. The summed E-state index contributed by atoms with van der Waals surface area (Å²) in [6.07, 6.45) is 3.11. The summed E-state index contributed by atoms with van der Waals surface area (Å²) in [5.74, 6) is 0. The second-order valence-corrected chi connectivity index (χ2v) is 4.81. The minimum Gasteiger partial charge on any atom is -0.370 e. The molecule has 20 heavy (non-hydrogen) atoms. The van der Waals surface area contributed by atoms with Gasteiger partial charge in [-0.05, 0) is 18.5 Å². The third-order valence-electron chi connectivity index (χ3n) is 3.33. The highest BCUT2D eigenvalue weighted by molar-refractivity contribution is 5.85. The molecule has 6 heteroatoms. The van der Waals surface area contributed by atoms with Gasteiger partial charge < -0.3 is 10.1 Å². The zero-order valence-corrected chi connectivity index (χ0v) is 12.1. The van der Waals surface area contributed by atoms with Crippen LogP contribution in [-0.4, -0.2) is 28.1 Å². The van der Waals surface area contributed by atoms with Crippen molar-refractivity contribution in [2.24, 2.45) is 0 Å². The van der Waals surface area contributed by atoms with Gasteiger partial charge in [-0.15, -0.1) is 17.5 Å². The molecular formula is C14H19ClN4O. The number of hydrogen-bond donors (Lipinski definition) is 1. The lowest BCUT2D eigenvalue weighted by Crippen LogP contribution is -2.13. The van der Waals surface area contributed by atoms with E-state index in [0.717, 1.165) is 25.2 Å². The van der Waals surface area contributed by atoms with Gasteiger partial charge in [-0.3, -0.25) is 0 Å². The van der Waals surface area contributed by atoms with Gasteiger partial charge in [0.25, 0.3) is 0 Å². The van der Waals surface area contributed by atoms with Gasteiger partial charge in [0, 0.05) is 6.54 Å². The van der Waals surface area contributed by atoms with Crippen LogP contribution in [0.25, 0.3) is 0 Å². The predicted octanol–water partition coefficient (Wildman–Crippen LogP) is 1.95. The van der Waals surface area contributed by atoms with Crippen LogP contribution < -0.4 is 5.32 Å². The lowest BCUT2D eigenvalue weighted by atomic mass is 10.2. The molecule has 1 unspecified atom stereocenters. The molecule has 1 atom stereocenters. The number of hydrogen-bond acceptors (Lipinski definition) is 4. The number of rotatable bonds is 5. The summed E-state index contributed by atoms with van der Waals surface area (Å²) in [4.78, 5) is 0. The maximum Gasteiger partial charge on any atom is 0.108 e. The Kier molecular flexibility index (Phi) is 5.52. The van der Waals surface area contributed by atoms with E-state index in [1.165, 1.54) is 5.56 Å². The Morgan fingerprint density at radius 1 is 1.25 bits per heavy atom. The Morgan fingerprint density at radius 3 is 2.85 bits per heavy atom. The fourth-order valence-electron chi connectivity index (χ4n) is 2.27. The quantitative estimate of drug-likeness (QED) is 0.916. The zero-order chi connectivity index (χ0) is 12.9. The molecule has 1 aromatic carbocycles. The first-order chi connectivity index (χ1) is 9.42. The van der Waals surface area contributed by atoms with Crippen LogP contribution in [0.3, 0.4) is 0 Å². The summed E-state index contributed by atoms with van der Waals surface area (Å²) >= 11 is 0. The third kappa shape index (κ3) is 3.79. The number of nitrogens with one attached hydrogen (secondary N) is 1. The van der Waals surface area contributed by atoms with Crippen LogP contribution in [0.1, 0.15) is 23.7 Å². The molecule has 2 aromatic rings. The molecule has 0 spiro atoms. The average Bonchev–Trinajstić information content (AvgIpc) is 3.10. The topological polar surface area (TPSA) is 52.0 Å². The second-order valence-electron chi connectivity index (χ2n) is 4.81. The molecule has 1 saturated heterocycles. The Bertz CT molecular complexity index is 511. The molecule has 1 N–H and O–H groups in total. The van der Waals surface area contributed by atoms with E-state index >= 15 is 0 Å². The van der Waals surface area contributed by atoms with Crippen molar-refractivity contribution in [3.8, 4) is 0 Å². The van der Waals surface area contributed by atoms with Gasteiger partial charge in [-0.2, -0.15) is 0 Å². The summed E-state index contributed by atoms with van der Waals surface area (Å²) in [7, 11) is 0. The van der Waals surface area contributed by atoms with E-state index in [0.29, 0.717) is 19.3 Å². The Hall–Kier alpha value is -1.43. The summed E-state index contributed by atoms with van der Waals surface area (Å²) in [6.45, 7) is 3.16. The Labute approximate surface area is 124 Å². The molecule has 0 saturated carbocycles. The lowest BCUT2D eigenvalue weighted by Gasteiger charge is -2.06. The Balaban J connectivity index is 0.00000147. The minimum absolute atomic E-state index is 0. The molecule has 1 aliphatic rings. The monoisotopic (exact) mass is 294 g/mol. The highest BCUT2D eigenvalue weighted by Crippen LogP contribution is 2.13. The van der Waals surface area contributed by atoms with Crippen LogP contribution in [-0.2, 0) is 18.0 Å². The van der Waals surface area contributed by atoms with Gasteiger partial charge in [0.15, 0.2) is 0 Å². The summed E-state index contributed by atoms with van der Waals surface area (Å²) < 4.78 is 7.60. The third-order valence-corrected chi connectivity index (χ3v) is 3.33. The summed E-state index contributed by atoms with van der Waals surface area (Å²) in [6, 6.07) is 10.6. The van der Waals surface area contributed by atoms with Crippen LogP contribution >= 0.6 is 12.4 Å². The minimum atomic E-state index is 0. The van der Waals surface area contributed by atoms with E-state index in [9.17, 15) is 0 Å².